The third kappa shape index (κ3) is 6.53. The summed E-state index contributed by atoms with van der Waals surface area (Å²) in [6.45, 7) is 8.14. The Morgan fingerprint density at radius 3 is 2.55 bits per heavy atom. The molecular weight excluding hydrogens is 304 g/mol. The summed E-state index contributed by atoms with van der Waals surface area (Å²) in [6.07, 6.45) is 3.64. The van der Waals surface area contributed by atoms with E-state index in [2.05, 4.69) is 17.6 Å². The van der Waals surface area contributed by atoms with Crippen LogP contribution in [0.25, 0.3) is 0 Å². The summed E-state index contributed by atoms with van der Waals surface area (Å²) in [6, 6.07) is -0.538. The van der Waals surface area contributed by atoms with Crippen LogP contribution in [0, 0.1) is 17.8 Å². The van der Waals surface area contributed by atoms with Crippen molar-refractivity contribution in [3.8, 4) is 0 Å². The first-order valence-corrected chi connectivity index (χ1v) is 8.07. The number of carbonyl (C=O) groups is 2. The van der Waals surface area contributed by atoms with Crippen molar-refractivity contribution in [3.05, 3.63) is 0 Å². The number of esters is 1. The third-order valence-corrected chi connectivity index (χ3v) is 4.63. The second kappa shape index (κ2) is 10.8. The van der Waals surface area contributed by atoms with Gasteiger partial charge >= 0.3 is 5.97 Å². The highest BCUT2D eigenvalue weighted by atomic mass is 35.5. The summed E-state index contributed by atoms with van der Waals surface area (Å²) < 4.78 is 4.79. The maximum atomic E-state index is 12.2. The fourth-order valence-corrected chi connectivity index (χ4v) is 2.85. The Balaban J connectivity index is 0.00000441. The van der Waals surface area contributed by atoms with Gasteiger partial charge < -0.3 is 15.4 Å². The molecule has 22 heavy (non-hydrogen) atoms. The zero-order valence-electron chi connectivity index (χ0n) is 14.2. The van der Waals surface area contributed by atoms with Crippen LogP contribution in [-0.2, 0) is 14.3 Å². The van der Waals surface area contributed by atoms with Crippen molar-refractivity contribution < 1.29 is 14.3 Å². The summed E-state index contributed by atoms with van der Waals surface area (Å²) in [5.74, 6) is 0.541. The van der Waals surface area contributed by atoms with Gasteiger partial charge in [0.15, 0.2) is 0 Å². The average molecular weight is 335 g/mol. The van der Waals surface area contributed by atoms with Crippen molar-refractivity contribution in [2.24, 2.45) is 17.8 Å². The van der Waals surface area contributed by atoms with E-state index in [1.807, 2.05) is 13.8 Å². The van der Waals surface area contributed by atoms with Gasteiger partial charge in [0, 0.05) is 6.42 Å². The normalized spacial score (nSPS) is 21.9. The molecule has 1 rings (SSSR count). The van der Waals surface area contributed by atoms with E-state index in [0.29, 0.717) is 18.3 Å². The summed E-state index contributed by atoms with van der Waals surface area (Å²) in [7, 11) is 1.36. The van der Waals surface area contributed by atoms with Gasteiger partial charge in [0.25, 0.3) is 0 Å². The summed E-state index contributed by atoms with van der Waals surface area (Å²) in [4.78, 5) is 24.0. The first-order chi connectivity index (χ1) is 9.99. The maximum absolute atomic E-state index is 12.2. The van der Waals surface area contributed by atoms with Gasteiger partial charge in [0.05, 0.1) is 7.11 Å². The van der Waals surface area contributed by atoms with Crippen LogP contribution in [0.2, 0.25) is 0 Å². The van der Waals surface area contributed by atoms with Crippen molar-refractivity contribution in [2.45, 2.75) is 52.5 Å². The number of methoxy groups -OCH3 is 1. The Morgan fingerprint density at radius 1 is 1.36 bits per heavy atom. The number of piperidine rings is 1. The molecule has 2 N–H and O–H groups in total. The molecule has 2 unspecified atom stereocenters. The lowest BCUT2D eigenvalue weighted by Crippen LogP contribution is -2.46. The van der Waals surface area contributed by atoms with Crippen LogP contribution in [0.4, 0.5) is 0 Å². The zero-order chi connectivity index (χ0) is 15.8. The molecule has 0 radical (unpaired) electrons. The van der Waals surface area contributed by atoms with Gasteiger partial charge in [-0.3, -0.25) is 4.79 Å². The molecule has 0 saturated carbocycles. The van der Waals surface area contributed by atoms with Crippen molar-refractivity contribution in [1.29, 1.82) is 0 Å². The second-order valence-electron chi connectivity index (χ2n) is 6.24. The third-order valence-electron chi connectivity index (χ3n) is 4.63. The molecule has 0 aromatic rings. The SMILES string of the molecule is CC[C@H](C)[C@H](NC(=O)CC(C)C1CCCNC1)C(=O)OC.Cl. The van der Waals surface area contributed by atoms with Crippen LogP contribution in [0.5, 0.6) is 0 Å². The standard InChI is InChI=1S/C16H30N2O3.ClH/c1-5-11(2)15(16(20)21-4)18-14(19)9-12(3)13-7-6-8-17-10-13;/h11-13,15,17H,5-10H2,1-4H3,(H,18,19);1H/t11-,12?,13?,15-;/m0./s1. The molecule has 0 spiro atoms. The fraction of sp³-hybridized carbons (Fsp3) is 0.875. The molecule has 130 valence electrons. The number of nitrogens with one attached hydrogen (secondary N) is 2. The first kappa shape index (κ1) is 21.2. The Hall–Kier alpha value is -0.810. The van der Waals surface area contributed by atoms with Crippen molar-refractivity contribution >= 4 is 24.3 Å². The van der Waals surface area contributed by atoms with E-state index in [4.69, 9.17) is 4.74 Å². The molecule has 1 aliphatic rings. The van der Waals surface area contributed by atoms with E-state index >= 15 is 0 Å². The van der Waals surface area contributed by atoms with Gasteiger partial charge in [-0.15, -0.1) is 12.4 Å². The fourth-order valence-electron chi connectivity index (χ4n) is 2.85. The molecule has 0 aromatic heterocycles. The Morgan fingerprint density at radius 2 is 2.05 bits per heavy atom. The van der Waals surface area contributed by atoms with Crippen LogP contribution < -0.4 is 10.6 Å². The molecule has 1 heterocycles. The Kier molecular flexibility index (Phi) is 10.4. The van der Waals surface area contributed by atoms with E-state index in [1.54, 1.807) is 0 Å². The molecule has 0 aliphatic carbocycles. The minimum absolute atomic E-state index is 0. The highest BCUT2D eigenvalue weighted by Gasteiger charge is 2.28. The Bertz CT molecular complexity index is 346. The van der Waals surface area contributed by atoms with Crippen molar-refractivity contribution in [1.82, 2.24) is 10.6 Å². The van der Waals surface area contributed by atoms with Gasteiger partial charge in [0.1, 0.15) is 6.04 Å². The van der Waals surface area contributed by atoms with Gasteiger partial charge in [-0.25, -0.2) is 4.79 Å². The second-order valence-corrected chi connectivity index (χ2v) is 6.24. The average Bonchev–Trinajstić information content (AvgIpc) is 2.51. The quantitative estimate of drug-likeness (QED) is 0.700. The van der Waals surface area contributed by atoms with Gasteiger partial charge in [-0.2, -0.15) is 0 Å². The lowest BCUT2D eigenvalue weighted by atomic mass is 9.85. The minimum Gasteiger partial charge on any atom is -0.467 e. The predicted octanol–water partition coefficient (Wildman–Crippen LogP) is 2.14. The van der Waals surface area contributed by atoms with Gasteiger partial charge in [-0.1, -0.05) is 27.2 Å². The number of hydrogen-bond acceptors (Lipinski definition) is 4. The predicted molar refractivity (Wildman–Crippen MR) is 90.0 cm³/mol. The van der Waals surface area contributed by atoms with Crippen LogP contribution in [-0.4, -0.2) is 38.1 Å². The molecule has 0 aromatic carbocycles. The highest BCUT2D eigenvalue weighted by Crippen LogP contribution is 2.22. The Labute approximate surface area is 140 Å². The molecular formula is C16H31ClN2O3. The smallest absolute Gasteiger partial charge is 0.328 e. The molecule has 1 aliphatic heterocycles. The molecule has 1 amide bonds. The van der Waals surface area contributed by atoms with E-state index in [-0.39, 0.29) is 30.2 Å². The number of ether oxygens (including phenoxy) is 1. The van der Waals surface area contributed by atoms with Crippen molar-refractivity contribution in [3.63, 3.8) is 0 Å². The lowest BCUT2D eigenvalue weighted by Gasteiger charge is -2.29. The lowest BCUT2D eigenvalue weighted by molar-refractivity contribution is -0.146. The number of halogens is 1. The maximum Gasteiger partial charge on any atom is 0.328 e. The van der Waals surface area contributed by atoms with E-state index in [0.717, 1.165) is 19.5 Å². The monoisotopic (exact) mass is 334 g/mol. The van der Waals surface area contributed by atoms with Crippen molar-refractivity contribution in [2.75, 3.05) is 20.2 Å². The topological polar surface area (TPSA) is 67.4 Å². The molecule has 0 bridgehead atoms. The van der Waals surface area contributed by atoms with Gasteiger partial charge in [-0.05, 0) is 43.7 Å². The van der Waals surface area contributed by atoms with Gasteiger partial charge in [0.2, 0.25) is 5.91 Å². The van der Waals surface area contributed by atoms with Crippen LogP contribution in [0.3, 0.4) is 0 Å². The molecule has 5 nitrogen and oxygen atoms in total. The summed E-state index contributed by atoms with van der Waals surface area (Å²) in [5, 5.41) is 6.23. The number of rotatable bonds is 7. The van der Waals surface area contributed by atoms with E-state index in [1.165, 1.54) is 20.0 Å². The largest absolute Gasteiger partial charge is 0.467 e. The molecule has 4 atom stereocenters. The molecule has 1 fully saturated rings. The highest BCUT2D eigenvalue weighted by molar-refractivity contribution is 5.85. The molecule has 1 saturated heterocycles. The van der Waals surface area contributed by atoms with Crippen LogP contribution in [0.1, 0.15) is 46.5 Å². The van der Waals surface area contributed by atoms with Crippen LogP contribution >= 0.6 is 12.4 Å². The number of amides is 1. The first-order valence-electron chi connectivity index (χ1n) is 8.07. The minimum atomic E-state index is -0.538. The van der Waals surface area contributed by atoms with Crippen LogP contribution in [0.15, 0.2) is 0 Å². The van der Waals surface area contributed by atoms with E-state index < -0.39 is 6.04 Å². The molecule has 6 heteroatoms. The summed E-state index contributed by atoms with van der Waals surface area (Å²) >= 11 is 0. The number of hydrogen-bond donors (Lipinski definition) is 2. The zero-order valence-corrected chi connectivity index (χ0v) is 15.0. The number of carbonyl (C=O) groups excluding carboxylic acids is 2. The van der Waals surface area contributed by atoms with E-state index in [9.17, 15) is 9.59 Å². The summed E-state index contributed by atoms with van der Waals surface area (Å²) in [5.41, 5.74) is 0.